The number of carbonyl (C=O) groups excluding carboxylic acids is 2. The fraction of sp³-hybridized carbons (Fsp3) is 0.294. The number of alkyl halides is 3. The third kappa shape index (κ3) is 6.45. The molecular weight excluding hydrogens is 415 g/mol. The van der Waals surface area contributed by atoms with E-state index in [1.54, 1.807) is 0 Å². The van der Waals surface area contributed by atoms with Gasteiger partial charge in [0.15, 0.2) is 6.61 Å². The maximum atomic E-state index is 12.7. The van der Waals surface area contributed by atoms with E-state index in [9.17, 15) is 32.9 Å². The molecule has 0 aliphatic heterocycles. The molecule has 12 heteroatoms. The summed E-state index contributed by atoms with van der Waals surface area (Å²) in [7, 11) is 0. The number of halogens is 3. The van der Waals surface area contributed by atoms with Crippen LogP contribution in [0.15, 0.2) is 35.7 Å². The van der Waals surface area contributed by atoms with E-state index in [1.165, 1.54) is 18.3 Å². The van der Waals surface area contributed by atoms with Gasteiger partial charge in [-0.2, -0.15) is 13.2 Å². The van der Waals surface area contributed by atoms with Crippen LogP contribution in [-0.4, -0.2) is 29.4 Å². The number of benzene rings is 1. The minimum absolute atomic E-state index is 0.277. The first-order valence-corrected chi connectivity index (χ1v) is 9.03. The van der Waals surface area contributed by atoms with Crippen LogP contribution < -0.4 is 10.6 Å². The summed E-state index contributed by atoms with van der Waals surface area (Å²) in [6, 6.07) is 4.39. The van der Waals surface area contributed by atoms with Crippen LogP contribution in [0.1, 0.15) is 17.4 Å². The van der Waals surface area contributed by atoms with Gasteiger partial charge < -0.3 is 15.4 Å². The minimum Gasteiger partial charge on any atom is -0.454 e. The molecule has 2 rings (SSSR count). The van der Waals surface area contributed by atoms with Crippen LogP contribution >= 0.6 is 11.3 Å². The summed E-state index contributed by atoms with van der Waals surface area (Å²) < 4.78 is 43.0. The van der Waals surface area contributed by atoms with Gasteiger partial charge in [-0.3, -0.25) is 14.9 Å². The van der Waals surface area contributed by atoms with Gasteiger partial charge in [0.2, 0.25) is 0 Å². The molecule has 0 radical (unpaired) electrons. The first kappa shape index (κ1) is 22.1. The number of amides is 1. The van der Waals surface area contributed by atoms with Crippen LogP contribution in [0.3, 0.4) is 0 Å². The summed E-state index contributed by atoms with van der Waals surface area (Å²) >= 11 is 1.44. The number of rotatable bonds is 8. The van der Waals surface area contributed by atoms with E-state index in [-0.39, 0.29) is 12.2 Å². The summed E-state index contributed by atoms with van der Waals surface area (Å²) in [5.74, 6) is -1.44. The number of nitro groups is 1. The van der Waals surface area contributed by atoms with E-state index in [2.05, 4.69) is 10.6 Å². The first-order valence-electron chi connectivity index (χ1n) is 8.16. The minimum atomic E-state index is -4.75. The lowest BCUT2D eigenvalue weighted by atomic mass is 10.1. The number of esters is 1. The van der Waals surface area contributed by atoms with Gasteiger partial charge in [0.1, 0.15) is 11.7 Å². The second-order valence-electron chi connectivity index (χ2n) is 5.82. The average Bonchev–Trinajstić information content (AvgIpc) is 3.17. The Kier molecular flexibility index (Phi) is 7.15. The molecule has 0 unspecified atom stereocenters. The first-order chi connectivity index (χ1) is 13.6. The topological polar surface area (TPSA) is 111 Å². The number of nitrogens with one attached hydrogen (secondary N) is 2. The molecule has 2 aromatic rings. The van der Waals surface area contributed by atoms with Crippen LogP contribution in [0.2, 0.25) is 0 Å². The van der Waals surface area contributed by atoms with Gasteiger partial charge in [0, 0.05) is 10.9 Å². The van der Waals surface area contributed by atoms with Crippen molar-refractivity contribution in [2.24, 2.45) is 0 Å². The fourth-order valence-corrected chi connectivity index (χ4v) is 2.83. The van der Waals surface area contributed by atoms with Crippen LogP contribution in [0.5, 0.6) is 0 Å². The number of thiophene rings is 1. The monoisotopic (exact) mass is 431 g/mol. The Morgan fingerprint density at radius 1 is 1.31 bits per heavy atom. The van der Waals surface area contributed by atoms with Crippen molar-refractivity contribution < 1.29 is 32.4 Å². The van der Waals surface area contributed by atoms with E-state index < -0.39 is 46.9 Å². The average molecular weight is 431 g/mol. The SMILES string of the molecule is C[C@H](Nc1ccc(C(F)(F)F)cc1[N+](=O)[O-])C(=O)OCC(=O)NCc1cccs1. The van der Waals surface area contributed by atoms with Crippen molar-refractivity contribution in [3.63, 3.8) is 0 Å². The molecule has 0 saturated carbocycles. The van der Waals surface area contributed by atoms with Crippen LogP contribution in [0, 0.1) is 10.1 Å². The van der Waals surface area contributed by atoms with Crippen molar-refractivity contribution in [1.29, 1.82) is 0 Å². The summed E-state index contributed by atoms with van der Waals surface area (Å²) in [6.07, 6.45) is -4.75. The van der Waals surface area contributed by atoms with Crippen LogP contribution in [0.4, 0.5) is 24.5 Å². The van der Waals surface area contributed by atoms with Crippen molar-refractivity contribution in [3.05, 3.63) is 56.3 Å². The van der Waals surface area contributed by atoms with Gasteiger partial charge in [-0.05, 0) is 30.5 Å². The summed E-state index contributed by atoms with van der Waals surface area (Å²) in [5, 5.41) is 17.9. The number of carbonyl (C=O) groups is 2. The van der Waals surface area contributed by atoms with E-state index >= 15 is 0 Å². The quantitative estimate of drug-likeness (QED) is 0.377. The van der Waals surface area contributed by atoms with E-state index in [0.717, 1.165) is 10.9 Å². The number of nitro benzene ring substituents is 1. The molecule has 0 saturated heterocycles. The highest BCUT2D eigenvalue weighted by Crippen LogP contribution is 2.35. The maximum Gasteiger partial charge on any atom is 0.416 e. The highest BCUT2D eigenvalue weighted by atomic mass is 32.1. The number of hydrogen-bond acceptors (Lipinski definition) is 7. The molecule has 0 fully saturated rings. The Morgan fingerprint density at radius 3 is 2.62 bits per heavy atom. The van der Waals surface area contributed by atoms with Gasteiger partial charge in [0.25, 0.3) is 11.6 Å². The third-order valence-corrected chi connectivity index (χ3v) is 4.51. The number of hydrogen-bond donors (Lipinski definition) is 2. The Hall–Kier alpha value is -3.15. The van der Waals surface area contributed by atoms with Gasteiger partial charge >= 0.3 is 12.1 Å². The lowest BCUT2D eigenvalue weighted by molar-refractivity contribution is -0.384. The maximum absolute atomic E-state index is 12.7. The molecule has 1 aromatic heterocycles. The largest absolute Gasteiger partial charge is 0.454 e. The molecule has 0 bridgehead atoms. The molecule has 8 nitrogen and oxygen atoms in total. The highest BCUT2D eigenvalue weighted by Gasteiger charge is 2.33. The Bertz CT molecular complexity index is 887. The van der Waals surface area contributed by atoms with E-state index in [0.29, 0.717) is 12.1 Å². The predicted octanol–water partition coefficient (Wildman–Crippen LogP) is 3.34. The second kappa shape index (κ2) is 9.37. The zero-order valence-electron chi connectivity index (χ0n) is 15.0. The molecule has 1 heterocycles. The predicted molar refractivity (Wildman–Crippen MR) is 98.3 cm³/mol. The molecular formula is C17H16F3N3O5S. The standard InChI is InChI=1S/C17H16F3N3O5S/c1-10(16(25)28-9-15(24)21-8-12-3-2-6-29-12)22-13-5-4-11(17(18,19)20)7-14(13)23(26)27/h2-7,10,22H,8-9H2,1H3,(H,21,24)/t10-/m0/s1. The third-order valence-electron chi connectivity index (χ3n) is 3.63. The number of ether oxygens (including phenoxy) is 1. The molecule has 0 aliphatic carbocycles. The van der Waals surface area contributed by atoms with E-state index in [4.69, 9.17) is 4.74 Å². The lowest BCUT2D eigenvalue weighted by Gasteiger charge is -2.15. The van der Waals surface area contributed by atoms with Gasteiger partial charge in [-0.1, -0.05) is 6.07 Å². The highest BCUT2D eigenvalue weighted by molar-refractivity contribution is 7.09. The second-order valence-corrected chi connectivity index (χ2v) is 6.85. The van der Waals surface area contributed by atoms with Crippen molar-refractivity contribution in [2.45, 2.75) is 25.7 Å². The number of anilines is 1. The molecule has 29 heavy (non-hydrogen) atoms. The Labute approximate surface area is 166 Å². The normalized spacial score (nSPS) is 12.1. The molecule has 156 valence electrons. The van der Waals surface area contributed by atoms with Gasteiger partial charge in [-0.25, -0.2) is 4.79 Å². The number of nitrogens with zero attached hydrogens (tertiary/aromatic N) is 1. The molecule has 2 N–H and O–H groups in total. The van der Waals surface area contributed by atoms with Crippen LogP contribution in [-0.2, 0) is 27.0 Å². The van der Waals surface area contributed by atoms with Crippen LogP contribution in [0.25, 0.3) is 0 Å². The summed E-state index contributed by atoms with van der Waals surface area (Å²) in [6.45, 7) is 1.01. The molecule has 0 aliphatic rings. The smallest absolute Gasteiger partial charge is 0.416 e. The van der Waals surface area contributed by atoms with Crippen molar-refractivity contribution in [2.75, 3.05) is 11.9 Å². The Morgan fingerprint density at radius 2 is 2.03 bits per heavy atom. The van der Waals surface area contributed by atoms with Crippen molar-refractivity contribution >= 4 is 34.6 Å². The van der Waals surface area contributed by atoms with Gasteiger partial charge in [-0.15, -0.1) is 11.3 Å². The van der Waals surface area contributed by atoms with Crippen molar-refractivity contribution in [1.82, 2.24) is 5.32 Å². The summed E-state index contributed by atoms with van der Waals surface area (Å²) in [5.41, 5.74) is -2.31. The Balaban J connectivity index is 1.93. The molecule has 1 aromatic carbocycles. The molecule has 0 spiro atoms. The van der Waals surface area contributed by atoms with Crippen molar-refractivity contribution in [3.8, 4) is 0 Å². The molecule has 1 atom stereocenters. The van der Waals surface area contributed by atoms with Gasteiger partial charge in [0.05, 0.1) is 17.0 Å². The fourth-order valence-electron chi connectivity index (χ4n) is 2.18. The zero-order valence-corrected chi connectivity index (χ0v) is 15.8. The zero-order chi connectivity index (χ0) is 21.6. The van der Waals surface area contributed by atoms with E-state index in [1.807, 2.05) is 17.5 Å². The lowest BCUT2D eigenvalue weighted by Crippen LogP contribution is -2.33. The summed E-state index contributed by atoms with van der Waals surface area (Å²) in [4.78, 5) is 34.7. The molecule has 1 amide bonds.